The van der Waals surface area contributed by atoms with Crippen LogP contribution in [0.25, 0.3) is 0 Å². The van der Waals surface area contributed by atoms with Gasteiger partial charge in [-0.3, -0.25) is 0 Å². The lowest BCUT2D eigenvalue weighted by molar-refractivity contribution is 0.124. The van der Waals surface area contributed by atoms with E-state index in [1.54, 1.807) is 0 Å². The van der Waals surface area contributed by atoms with Gasteiger partial charge in [-0.05, 0) is 25.3 Å². The number of benzene rings is 1. The highest BCUT2D eigenvalue weighted by molar-refractivity contribution is 5.14. The van der Waals surface area contributed by atoms with Crippen LogP contribution in [0.2, 0.25) is 0 Å². The summed E-state index contributed by atoms with van der Waals surface area (Å²) in [5.41, 5.74) is 2.33. The Labute approximate surface area is 92.5 Å². The molecule has 1 heteroatoms. The first-order valence-corrected chi connectivity index (χ1v) is 5.48. The maximum Gasteiger partial charge on any atom is 0.0605 e. The van der Waals surface area contributed by atoms with Crippen LogP contribution in [-0.4, -0.2) is 11.2 Å². The van der Waals surface area contributed by atoms with Crippen LogP contribution >= 0.6 is 0 Å². The zero-order chi connectivity index (χ0) is 11.3. The minimum atomic E-state index is -0.275. The first kappa shape index (κ1) is 12.0. The predicted octanol–water partition coefficient (Wildman–Crippen LogP) is 3.19. The van der Waals surface area contributed by atoms with Gasteiger partial charge in [0.25, 0.3) is 0 Å². The Morgan fingerprint density at radius 2 is 1.93 bits per heavy atom. The highest BCUT2D eigenvalue weighted by Gasteiger charge is 2.14. The molecule has 1 unspecified atom stereocenters. The molecule has 1 nitrogen and oxygen atoms in total. The van der Waals surface area contributed by atoms with E-state index in [1.807, 2.05) is 32.0 Å². The van der Waals surface area contributed by atoms with Crippen LogP contribution in [0.15, 0.2) is 42.5 Å². The third-order valence-electron chi connectivity index (χ3n) is 2.93. The van der Waals surface area contributed by atoms with Crippen molar-refractivity contribution in [1.29, 1.82) is 0 Å². The molecule has 0 fully saturated rings. The van der Waals surface area contributed by atoms with Crippen LogP contribution in [0.4, 0.5) is 0 Å². The third-order valence-corrected chi connectivity index (χ3v) is 2.93. The summed E-state index contributed by atoms with van der Waals surface area (Å²) < 4.78 is 0. The van der Waals surface area contributed by atoms with Gasteiger partial charge in [-0.2, -0.15) is 0 Å². The Morgan fingerprint density at radius 3 is 2.47 bits per heavy atom. The van der Waals surface area contributed by atoms with Crippen molar-refractivity contribution in [2.45, 2.75) is 32.8 Å². The van der Waals surface area contributed by atoms with Crippen LogP contribution in [0.1, 0.15) is 25.8 Å². The number of aliphatic hydroxyl groups is 1. The fraction of sp³-hybridized carbons (Fsp3) is 0.429. The molecule has 1 rings (SSSR count). The van der Waals surface area contributed by atoms with Gasteiger partial charge < -0.3 is 5.11 Å². The van der Waals surface area contributed by atoms with Gasteiger partial charge in [-0.15, -0.1) is 0 Å². The van der Waals surface area contributed by atoms with Gasteiger partial charge in [0.15, 0.2) is 0 Å². The maximum atomic E-state index is 9.89. The second-order valence-corrected chi connectivity index (χ2v) is 4.23. The SMILES string of the molecule is C=C(C)C(C)[C@@H](O)CCc1ccccc1. The van der Waals surface area contributed by atoms with Crippen molar-refractivity contribution < 1.29 is 5.11 Å². The Balaban J connectivity index is 2.41. The van der Waals surface area contributed by atoms with E-state index in [1.165, 1.54) is 5.56 Å². The van der Waals surface area contributed by atoms with E-state index in [-0.39, 0.29) is 12.0 Å². The lowest BCUT2D eigenvalue weighted by atomic mass is 9.93. The molecule has 0 radical (unpaired) electrons. The van der Waals surface area contributed by atoms with Crippen LogP contribution in [0.3, 0.4) is 0 Å². The summed E-state index contributed by atoms with van der Waals surface area (Å²) in [5.74, 6) is 0.189. The summed E-state index contributed by atoms with van der Waals surface area (Å²) in [6, 6.07) is 10.3. The zero-order valence-electron chi connectivity index (χ0n) is 9.61. The molecule has 0 saturated carbocycles. The molecule has 0 aliphatic heterocycles. The van der Waals surface area contributed by atoms with Gasteiger partial charge in [-0.25, -0.2) is 0 Å². The van der Waals surface area contributed by atoms with E-state index in [0.717, 1.165) is 18.4 Å². The molecule has 1 aromatic rings. The third kappa shape index (κ3) is 3.88. The predicted molar refractivity (Wildman–Crippen MR) is 64.7 cm³/mol. The van der Waals surface area contributed by atoms with E-state index in [0.29, 0.717) is 0 Å². The van der Waals surface area contributed by atoms with E-state index in [9.17, 15) is 5.11 Å². The van der Waals surface area contributed by atoms with Crippen LogP contribution < -0.4 is 0 Å². The van der Waals surface area contributed by atoms with Gasteiger partial charge in [0, 0.05) is 5.92 Å². The molecule has 1 aromatic carbocycles. The summed E-state index contributed by atoms with van der Waals surface area (Å²) >= 11 is 0. The fourth-order valence-electron chi connectivity index (χ4n) is 1.54. The van der Waals surface area contributed by atoms with E-state index in [2.05, 4.69) is 18.7 Å². The van der Waals surface area contributed by atoms with Gasteiger partial charge in [0.1, 0.15) is 0 Å². The Kier molecular flexibility index (Phi) is 4.57. The summed E-state index contributed by atoms with van der Waals surface area (Å²) in [4.78, 5) is 0. The highest BCUT2D eigenvalue weighted by Crippen LogP contribution is 2.16. The lowest BCUT2D eigenvalue weighted by Crippen LogP contribution is -2.18. The van der Waals surface area contributed by atoms with E-state index >= 15 is 0 Å². The van der Waals surface area contributed by atoms with Gasteiger partial charge >= 0.3 is 0 Å². The van der Waals surface area contributed by atoms with Gasteiger partial charge in [-0.1, -0.05) is 49.4 Å². The molecular weight excluding hydrogens is 184 g/mol. The summed E-state index contributed by atoms with van der Waals surface area (Å²) in [5, 5.41) is 9.89. The van der Waals surface area contributed by atoms with Crippen molar-refractivity contribution in [3.8, 4) is 0 Å². The number of aliphatic hydroxyl groups excluding tert-OH is 1. The smallest absolute Gasteiger partial charge is 0.0605 e. The van der Waals surface area contributed by atoms with Crippen molar-refractivity contribution in [3.05, 3.63) is 48.0 Å². The fourth-order valence-corrected chi connectivity index (χ4v) is 1.54. The second-order valence-electron chi connectivity index (χ2n) is 4.23. The first-order chi connectivity index (χ1) is 7.11. The number of rotatable bonds is 5. The van der Waals surface area contributed by atoms with Crippen molar-refractivity contribution in [2.24, 2.45) is 5.92 Å². The lowest BCUT2D eigenvalue weighted by Gasteiger charge is -2.18. The number of hydrogen-bond acceptors (Lipinski definition) is 1. The minimum Gasteiger partial charge on any atom is -0.393 e. The zero-order valence-corrected chi connectivity index (χ0v) is 9.61. The molecule has 0 aliphatic carbocycles. The van der Waals surface area contributed by atoms with Gasteiger partial charge in [0.2, 0.25) is 0 Å². The number of hydrogen-bond donors (Lipinski definition) is 1. The molecule has 0 aliphatic rings. The summed E-state index contributed by atoms with van der Waals surface area (Å²) in [6.07, 6.45) is 1.46. The molecule has 0 bridgehead atoms. The molecule has 82 valence electrons. The molecule has 0 amide bonds. The molecule has 1 N–H and O–H groups in total. The second kappa shape index (κ2) is 5.72. The molecule has 15 heavy (non-hydrogen) atoms. The topological polar surface area (TPSA) is 20.2 Å². The molecule has 2 atom stereocenters. The molecular formula is C14H20O. The normalized spacial score (nSPS) is 14.6. The minimum absolute atomic E-state index is 0.189. The first-order valence-electron chi connectivity index (χ1n) is 5.48. The quantitative estimate of drug-likeness (QED) is 0.730. The Morgan fingerprint density at radius 1 is 1.33 bits per heavy atom. The maximum absolute atomic E-state index is 9.89. The highest BCUT2D eigenvalue weighted by atomic mass is 16.3. The van der Waals surface area contributed by atoms with Crippen LogP contribution in [-0.2, 0) is 6.42 Å². The Hall–Kier alpha value is -1.08. The monoisotopic (exact) mass is 204 g/mol. The molecule has 0 aromatic heterocycles. The van der Waals surface area contributed by atoms with Crippen molar-refractivity contribution in [1.82, 2.24) is 0 Å². The average Bonchev–Trinajstić information content (AvgIpc) is 2.26. The van der Waals surface area contributed by atoms with Gasteiger partial charge in [0.05, 0.1) is 6.10 Å². The average molecular weight is 204 g/mol. The summed E-state index contributed by atoms with van der Waals surface area (Å²) in [6.45, 7) is 7.87. The largest absolute Gasteiger partial charge is 0.393 e. The molecule has 0 heterocycles. The van der Waals surface area contributed by atoms with Crippen molar-refractivity contribution >= 4 is 0 Å². The number of aryl methyl sites for hydroxylation is 1. The van der Waals surface area contributed by atoms with Crippen LogP contribution in [0, 0.1) is 5.92 Å². The van der Waals surface area contributed by atoms with E-state index in [4.69, 9.17) is 0 Å². The molecule has 0 saturated heterocycles. The molecule has 0 spiro atoms. The standard InChI is InChI=1S/C14H20O/c1-11(2)12(3)14(15)10-9-13-7-5-4-6-8-13/h4-8,12,14-15H,1,9-10H2,2-3H3/t12?,14-/m0/s1. The summed E-state index contributed by atoms with van der Waals surface area (Å²) in [7, 11) is 0. The van der Waals surface area contributed by atoms with Crippen molar-refractivity contribution in [3.63, 3.8) is 0 Å². The Bertz CT molecular complexity index is 302. The van der Waals surface area contributed by atoms with Crippen LogP contribution in [0.5, 0.6) is 0 Å². The van der Waals surface area contributed by atoms with E-state index < -0.39 is 0 Å². The van der Waals surface area contributed by atoms with Crippen molar-refractivity contribution in [2.75, 3.05) is 0 Å².